The van der Waals surface area contributed by atoms with Gasteiger partial charge in [0.1, 0.15) is 5.75 Å². The molecular formula is C18H15BrN2O3. The van der Waals surface area contributed by atoms with Gasteiger partial charge in [-0.25, -0.2) is 0 Å². The molecule has 0 atom stereocenters. The van der Waals surface area contributed by atoms with Gasteiger partial charge in [0.25, 0.3) is 11.8 Å². The average molecular weight is 387 g/mol. The van der Waals surface area contributed by atoms with Crippen molar-refractivity contribution in [3.05, 3.63) is 63.6 Å². The number of carbonyl (C=O) groups is 2. The van der Waals surface area contributed by atoms with E-state index in [0.717, 1.165) is 15.9 Å². The third kappa shape index (κ3) is 3.10. The Labute approximate surface area is 148 Å². The van der Waals surface area contributed by atoms with Crippen molar-refractivity contribution in [1.82, 2.24) is 5.01 Å². The van der Waals surface area contributed by atoms with Crippen LogP contribution in [0.4, 0.5) is 0 Å². The molecule has 0 aliphatic carbocycles. The minimum absolute atomic E-state index is 0.372. The van der Waals surface area contributed by atoms with Gasteiger partial charge in [-0.05, 0) is 36.8 Å². The second-order valence-corrected chi connectivity index (χ2v) is 6.16. The summed E-state index contributed by atoms with van der Waals surface area (Å²) in [4.78, 5) is 24.6. The van der Waals surface area contributed by atoms with E-state index in [-0.39, 0.29) is 0 Å². The molecule has 3 rings (SSSR count). The van der Waals surface area contributed by atoms with E-state index < -0.39 is 11.8 Å². The Bertz CT molecular complexity index is 798. The van der Waals surface area contributed by atoms with E-state index in [4.69, 9.17) is 4.74 Å². The number of hydrogen-bond donors (Lipinski definition) is 0. The first-order valence-corrected chi connectivity index (χ1v) is 8.35. The van der Waals surface area contributed by atoms with Gasteiger partial charge in [-0.3, -0.25) is 9.59 Å². The highest BCUT2D eigenvalue weighted by Gasteiger charge is 2.35. The average Bonchev–Trinajstić information content (AvgIpc) is 2.84. The maximum absolute atomic E-state index is 12.3. The molecule has 122 valence electrons. The Kier molecular flexibility index (Phi) is 4.76. The third-order valence-electron chi connectivity index (χ3n) is 3.52. The smallest absolute Gasteiger partial charge is 0.282 e. The summed E-state index contributed by atoms with van der Waals surface area (Å²) in [6, 6.07) is 12.2. The summed E-state index contributed by atoms with van der Waals surface area (Å²) in [6.45, 7) is 2.60. The summed E-state index contributed by atoms with van der Waals surface area (Å²) in [6.07, 6.45) is 2.35. The number of hydrazone groups is 1. The van der Waals surface area contributed by atoms with Crippen LogP contribution in [-0.4, -0.2) is 29.6 Å². The molecule has 1 aliphatic heterocycles. The molecule has 0 spiro atoms. The largest absolute Gasteiger partial charge is 0.493 e. The van der Waals surface area contributed by atoms with Gasteiger partial charge in [0.2, 0.25) is 0 Å². The summed E-state index contributed by atoms with van der Waals surface area (Å²) in [5, 5.41) is 4.97. The number of hydrogen-bond acceptors (Lipinski definition) is 4. The highest BCUT2D eigenvalue weighted by atomic mass is 79.9. The molecule has 2 amide bonds. The molecule has 0 aromatic heterocycles. The van der Waals surface area contributed by atoms with Gasteiger partial charge in [0.05, 0.1) is 23.9 Å². The second kappa shape index (κ2) is 6.97. The molecule has 0 N–H and O–H groups in total. The van der Waals surface area contributed by atoms with Crippen LogP contribution in [0.5, 0.6) is 5.75 Å². The summed E-state index contributed by atoms with van der Waals surface area (Å²) >= 11 is 3.40. The van der Waals surface area contributed by atoms with E-state index in [1.807, 2.05) is 25.1 Å². The van der Waals surface area contributed by atoms with Crippen LogP contribution >= 0.6 is 15.9 Å². The monoisotopic (exact) mass is 386 g/mol. The van der Waals surface area contributed by atoms with Gasteiger partial charge < -0.3 is 4.74 Å². The van der Waals surface area contributed by atoms with Crippen LogP contribution in [-0.2, 0) is 0 Å². The molecule has 0 unspecified atom stereocenters. The quantitative estimate of drug-likeness (QED) is 0.578. The number of carbonyl (C=O) groups excluding carboxylic acids is 2. The van der Waals surface area contributed by atoms with E-state index in [1.54, 1.807) is 24.3 Å². The van der Waals surface area contributed by atoms with E-state index in [2.05, 4.69) is 21.0 Å². The van der Waals surface area contributed by atoms with Crippen LogP contribution in [0, 0.1) is 0 Å². The number of benzene rings is 2. The zero-order valence-corrected chi connectivity index (χ0v) is 14.6. The topological polar surface area (TPSA) is 59.0 Å². The zero-order chi connectivity index (χ0) is 17.1. The van der Waals surface area contributed by atoms with Crippen LogP contribution in [0.2, 0.25) is 0 Å². The molecule has 0 bridgehead atoms. The van der Waals surface area contributed by atoms with Gasteiger partial charge in [-0.2, -0.15) is 10.1 Å². The fraction of sp³-hybridized carbons (Fsp3) is 0.167. The predicted molar refractivity (Wildman–Crippen MR) is 94.5 cm³/mol. The molecule has 2 aromatic rings. The van der Waals surface area contributed by atoms with Crippen LogP contribution in [0.3, 0.4) is 0 Å². The van der Waals surface area contributed by atoms with Crippen molar-refractivity contribution in [3.63, 3.8) is 0 Å². The Morgan fingerprint density at radius 3 is 2.42 bits per heavy atom. The summed E-state index contributed by atoms with van der Waals surface area (Å²) in [7, 11) is 0. The van der Waals surface area contributed by atoms with E-state index in [9.17, 15) is 9.59 Å². The van der Waals surface area contributed by atoms with E-state index >= 15 is 0 Å². The number of fused-ring (bicyclic) bond motifs is 1. The molecule has 0 saturated carbocycles. The van der Waals surface area contributed by atoms with Crippen molar-refractivity contribution in [2.45, 2.75) is 13.3 Å². The first kappa shape index (κ1) is 16.4. The molecule has 0 saturated heterocycles. The highest BCUT2D eigenvalue weighted by molar-refractivity contribution is 9.10. The predicted octanol–water partition coefficient (Wildman–Crippen LogP) is 3.87. The first-order chi connectivity index (χ1) is 11.6. The Morgan fingerprint density at radius 1 is 1.12 bits per heavy atom. The van der Waals surface area contributed by atoms with Crippen molar-refractivity contribution in [3.8, 4) is 5.75 Å². The maximum atomic E-state index is 12.3. The number of nitrogens with zero attached hydrogens (tertiary/aromatic N) is 2. The number of ether oxygens (including phenoxy) is 1. The van der Waals surface area contributed by atoms with Gasteiger partial charge in [-0.1, -0.05) is 35.0 Å². The van der Waals surface area contributed by atoms with Gasteiger partial charge >= 0.3 is 0 Å². The minimum atomic E-state index is -0.419. The molecule has 6 heteroatoms. The van der Waals surface area contributed by atoms with Crippen molar-refractivity contribution in [2.24, 2.45) is 5.10 Å². The molecule has 5 nitrogen and oxygen atoms in total. The maximum Gasteiger partial charge on any atom is 0.282 e. The lowest BCUT2D eigenvalue weighted by molar-refractivity contribution is 0.0660. The van der Waals surface area contributed by atoms with E-state index in [1.165, 1.54) is 6.21 Å². The molecule has 2 aromatic carbocycles. The van der Waals surface area contributed by atoms with Crippen LogP contribution in [0.25, 0.3) is 0 Å². The molecular weight excluding hydrogens is 372 g/mol. The number of amides is 2. The zero-order valence-electron chi connectivity index (χ0n) is 13.0. The molecule has 24 heavy (non-hydrogen) atoms. The standard InChI is InChI=1S/C18H15BrN2O3/c1-2-9-24-16-8-7-13(19)10-12(16)11-20-21-17(22)14-5-3-4-6-15(14)18(21)23/h3-8,10-11H,2,9H2,1H3/b20-11-. The van der Waals surface area contributed by atoms with Gasteiger partial charge in [0.15, 0.2) is 0 Å². The number of imide groups is 1. The fourth-order valence-electron chi connectivity index (χ4n) is 2.37. The molecule has 0 fully saturated rings. The second-order valence-electron chi connectivity index (χ2n) is 5.24. The molecule has 1 heterocycles. The highest BCUT2D eigenvalue weighted by Crippen LogP contribution is 2.25. The molecule has 1 aliphatic rings. The van der Waals surface area contributed by atoms with Crippen molar-refractivity contribution in [2.75, 3.05) is 6.61 Å². The van der Waals surface area contributed by atoms with Crippen molar-refractivity contribution < 1.29 is 14.3 Å². The van der Waals surface area contributed by atoms with Gasteiger partial charge in [0, 0.05) is 10.0 Å². The lowest BCUT2D eigenvalue weighted by atomic mass is 10.1. The van der Waals surface area contributed by atoms with Crippen LogP contribution < -0.4 is 4.74 Å². The lowest BCUT2D eigenvalue weighted by Gasteiger charge is -2.10. The fourth-order valence-corrected chi connectivity index (χ4v) is 2.74. The van der Waals surface area contributed by atoms with Crippen molar-refractivity contribution >= 4 is 34.0 Å². The Morgan fingerprint density at radius 2 is 1.79 bits per heavy atom. The first-order valence-electron chi connectivity index (χ1n) is 7.56. The third-order valence-corrected chi connectivity index (χ3v) is 4.01. The molecule has 0 radical (unpaired) electrons. The summed E-state index contributed by atoms with van der Waals surface area (Å²) in [5.41, 5.74) is 1.43. The SMILES string of the molecule is CCCOc1ccc(Br)cc1/C=N\N1C(=O)c2ccccc2C1=O. The Balaban J connectivity index is 1.88. The normalized spacial score (nSPS) is 13.7. The van der Waals surface area contributed by atoms with Crippen LogP contribution in [0.1, 0.15) is 39.6 Å². The van der Waals surface area contributed by atoms with Gasteiger partial charge in [-0.15, -0.1) is 0 Å². The number of halogens is 1. The lowest BCUT2D eigenvalue weighted by Crippen LogP contribution is -2.24. The van der Waals surface area contributed by atoms with Crippen molar-refractivity contribution in [1.29, 1.82) is 0 Å². The Hall–Kier alpha value is -2.47. The number of rotatable bonds is 5. The minimum Gasteiger partial charge on any atom is -0.493 e. The van der Waals surface area contributed by atoms with Crippen LogP contribution in [0.15, 0.2) is 52.0 Å². The summed E-state index contributed by atoms with van der Waals surface area (Å²) < 4.78 is 6.53. The summed E-state index contributed by atoms with van der Waals surface area (Å²) in [5.74, 6) is -0.184. The van der Waals surface area contributed by atoms with E-state index in [0.29, 0.717) is 29.0 Å².